The first-order valence-corrected chi connectivity index (χ1v) is 10.9. The van der Waals surface area contributed by atoms with Crippen LogP contribution >= 0.6 is 11.6 Å². The summed E-state index contributed by atoms with van der Waals surface area (Å²) in [6, 6.07) is 19.6. The molecule has 1 aliphatic heterocycles. The van der Waals surface area contributed by atoms with Gasteiger partial charge >= 0.3 is 0 Å². The number of rotatable bonds is 7. The van der Waals surface area contributed by atoms with Crippen LogP contribution in [0.3, 0.4) is 0 Å². The Kier molecular flexibility index (Phi) is 5.69. The van der Waals surface area contributed by atoms with Crippen molar-refractivity contribution in [2.24, 2.45) is 0 Å². The molecule has 1 atom stereocenters. The average Bonchev–Trinajstić information content (AvgIpc) is 3.44. The van der Waals surface area contributed by atoms with E-state index in [0.29, 0.717) is 23.1 Å². The molecular weight excluding hydrogens is 426 g/mol. The van der Waals surface area contributed by atoms with Crippen LogP contribution in [0.1, 0.15) is 29.2 Å². The number of hydrogen-bond acceptors (Lipinski definition) is 4. The largest absolute Gasteiger partial charge is 0.454 e. The minimum Gasteiger partial charge on any atom is -0.454 e. The molecule has 2 aromatic heterocycles. The predicted molar refractivity (Wildman–Crippen MR) is 122 cm³/mol. The lowest BCUT2D eigenvalue weighted by Crippen LogP contribution is -2.27. The van der Waals surface area contributed by atoms with Crippen LogP contribution in [0.4, 0.5) is 0 Å². The molecule has 32 heavy (non-hydrogen) atoms. The summed E-state index contributed by atoms with van der Waals surface area (Å²) in [5.41, 5.74) is 3.81. The maximum absolute atomic E-state index is 12.9. The van der Waals surface area contributed by atoms with E-state index in [0.717, 1.165) is 23.3 Å². The Morgan fingerprint density at radius 2 is 1.94 bits per heavy atom. The van der Waals surface area contributed by atoms with Gasteiger partial charge in [0, 0.05) is 31.3 Å². The Hall–Kier alpha value is -3.51. The van der Waals surface area contributed by atoms with Gasteiger partial charge in [0.1, 0.15) is 5.65 Å². The molecule has 1 amide bonds. The summed E-state index contributed by atoms with van der Waals surface area (Å²) in [6.45, 7) is 0.782. The number of benzene rings is 2. The lowest BCUT2D eigenvalue weighted by atomic mass is 9.92. The molecule has 7 heteroatoms. The van der Waals surface area contributed by atoms with Gasteiger partial charge in [0.15, 0.2) is 11.5 Å². The van der Waals surface area contributed by atoms with Crippen molar-refractivity contribution in [3.05, 3.63) is 94.9 Å². The molecule has 162 valence electrons. The number of pyridine rings is 1. The fourth-order valence-corrected chi connectivity index (χ4v) is 4.16. The second kappa shape index (κ2) is 8.93. The highest BCUT2D eigenvalue weighted by atomic mass is 35.5. The van der Waals surface area contributed by atoms with Crippen LogP contribution in [0.15, 0.2) is 73.1 Å². The number of hydrogen-bond donors (Lipinski definition) is 1. The molecule has 4 aromatic rings. The third-order valence-corrected chi connectivity index (χ3v) is 5.85. The summed E-state index contributed by atoms with van der Waals surface area (Å²) in [7, 11) is 0. The van der Waals surface area contributed by atoms with Gasteiger partial charge in [-0.3, -0.25) is 4.79 Å². The van der Waals surface area contributed by atoms with Gasteiger partial charge in [0.25, 0.3) is 0 Å². The normalized spacial score (nSPS) is 13.3. The molecule has 0 bridgehead atoms. The highest BCUT2D eigenvalue weighted by Crippen LogP contribution is 2.37. The Balaban J connectivity index is 1.40. The lowest BCUT2D eigenvalue weighted by molar-refractivity contribution is -0.121. The van der Waals surface area contributed by atoms with Crippen molar-refractivity contribution in [3.8, 4) is 11.5 Å². The van der Waals surface area contributed by atoms with Gasteiger partial charge in [-0.15, -0.1) is 0 Å². The SMILES string of the molecule is O=C(CC(c1ccc2c(c1)OCO2)c1cnc2ccc(Cl)cn12)NCCc1ccccc1. The predicted octanol–water partition coefficient (Wildman–Crippen LogP) is 4.60. The van der Waals surface area contributed by atoms with E-state index in [1.54, 1.807) is 12.3 Å². The van der Waals surface area contributed by atoms with Crippen molar-refractivity contribution in [1.29, 1.82) is 0 Å². The number of ether oxygens (including phenoxy) is 2. The van der Waals surface area contributed by atoms with Crippen molar-refractivity contribution in [3.63, 3.8) is 0 Å². The zero-order valence-corrected chi connectivity index (χ0v) is 18.1. The van der Waals surface area contributed by atoms with Crippen molar-refractivity contribution in [1.82, 2.24) is 14.7 Å². The lowest BCUT2D eigenvalue weighted by Gasteiger charge is -2.18. The smallest absolute Gasteiger partial charge is 0.231 e. The summed E-state index contributed by atoms with van der Waals surface area (Å²) < 4.78 is 13.0. The molecule has 1 N–H and O–H groups in total. The van der Waals surface area contributed by atoms with Crippen LogP contribution in [0.5, 0.6) is 11.5 Å². The van der Waals surface area contributed by atoms with E-state index in [9.17, 15) is 4.79 Å². The van der Waals surface area contributed by atoms with Crippen molar-refractivity contribution < 1.29 is 14.3 Å². The topological polar surface area (TPSA) is 64.9 Å². The zero-order valence-electron chi connectivity index (χ0n) is 17.3. The summed E-state index contributed by atoms with van der Waals surface area (Å²) in [5, 5.41) is 3.66. The van der Waals surface area contributed by atoms with E-state index in [1.165, 1.54) is 5.56 Å². The molecular formula is C25H22ClN3O3. The van der Waals surface area contributed by atoms with Crippen molar-refractivity contribution in [2.75, 3.05) is 13.3 Å². The molecule has 2 aromatic carbocycles. The second-order valence-electron chi connectivity index (χ2n) is 7.71. The maximum atomic E-state index is 12.9. The van der Waals surface area contributed by atoms with E-state index in [2.05, 4.69) is 22.4 Å². The van der Waals surface area contributed by atoms with E-state index >= 15 is 0 Å². The molecule has 3 heterocycles. The summed E-state index contributed by atoms with van der Waals surface area (Å²) in [5.74, 6) is 1.14. The highest BCUT2D eigenvalue weighted by molar-refractivity contribution is 6.30. The minimum absolute atomic E-state index is 0.0272. The van der Waals surface area contributed by atoms with Gasteiger partial charge in [-0.1, -0.05) is 48.0 Å². The number of nitrogens with one attached hydrogen (secondary N) is 1. The van der Waals surface area contributed by atoms with Crippen LogP contribution in [0, 0.1) is 0 Å². The number of carbonyl (C=O) groups excluding carboxylic acids is 1. The van der Waals surface area contributed by atoms with Gasteiger partial charge in [0.05, 0.1) is 10.7 Å². The summed E-state index contributed by atoms with van der Waals surface area (Å²) in [4.78, 5) is 17.4. The van der Waals surface area contributed by atoms with Gasteiger partial charge in [-0.05, 0) is 41.8 Å². The molecule has 1 aliphatic rings. The number of imidazole rings is 1. The third kappa shape index (κ3) is 4.27. The molecule has 5 rings (SSSR count). The Bertz CT molecular complexity index is 1260. The van der Waals surface area contributed by atoms with Crippen LogP contribution in [0.2, 0.25) is 5.02 Å². The summed E-state index contributed by atoms with van der Waals surface area (Å²) in [6.07, 6.45) is 4.69. The maximum Gasteiger partial charge on any atom is 0.231 e. The molecule has 0 saturated carbocycles. The van der Waals surface area contributed by atoms with Crippen LogP contribution in [-0.4, -0.2) is 28.6 Å². The number of aromatic nitrogens is 2. The first-order valence-electron chi connectivity index (χ1n) is 10.5. The Labute approximate surface area is 190 Å². The van der Waals surface area contributed by atoms with Gasteiger partial charge < -0.3 is 19.2 Å². The summed E-state index contributed by atoms with van der Waals surface area (Å²) >= 11 is 6.24. The van der Waals surface area contributed by atoms with E-state index in [1.807, 2.05) is 53.1 Å². The second-order valence-corrected chi connectivity index (χ2v) is 8.15. The molecule has 0 aliphatic carbocycles. The van der Waals surface area contributed by atoms with Crippen LogP contribution in [0.25, 0.3) is 5.65 Å². The molecule has 0 radical (unpaired) electrons. The third-order valence-electron chi connectivity index (χ3n) is 5.62. The molecule has 1 unspecified atom stereocenters. The van der Waals surface area contributed by atoms with Gasteiger partial charge in [0.2, 0.25) is 12.7 Å². The molecule has 0 saturated heterocycles. The van der Waals surface area contributed by atoms with E-state index in [-0.39, 0.29) is 25.0 Å². The molecule has 0 fully saturated rings. The monoisotopic (exact) mass is 447 g/mol. The highest BCUT2D eigenvalue weighted by Gasteiger charge is 2.24. The van der Waals surface area contributed by atoms with Crippen molar-refractivity contribution in [2.45, 2.75) is 18.8 Å². The van der Waals surface area contributed by atoms with Crippen molar-refractivity contribution >= 4 is 23.2 Å². The minimum atomic E-state index is -0.227. The van der Waals surface area contributed by atoms with Gasteiger partial charge in [-0.2, -0.15) is 0 Å². The first-order chi connectivity index (χ1) is 15.7. The van der Waals surface area contributed by atoms with Crippen LogP contribution in [-0.2, 0) is 11.2 Å². The average molecular weight is 448 g/mol. The zero-order chi connectivity index (χ0) is 21.9. The number of halogens is 1. The fourth-order valence-electron chi connectivity index (χ4n) is 4.00. The van der Waals surface area contributed by atoms with Crippen LogP contribution < -0.4 is 14.8 Å². The molecule has 6 nitrogen and oxygen atoms in total. The number of fused-ring (bicyclic) bond motifs is 2. The first kappa shape index (κ1) is 20.4. The fraction of sp³-hybridized carbons (Fsp3) is 0.200. The number of amides is 1. The molecule has 0 spiro atoms. The quantitative estimate of drug-likeness (QED) is 0.449. The van der Waals surface area contributed by atoms with E-state index in [4.69, 9.17) is 21.1 Å². The number of nitrogens with zero attached hydrogens (tertiary/aromatic N) is 2. The Morgan fingerprint density at radius 1 is 1.09 bits per heavy atom. The van der Waals surface area contributed by atoms with E-state index < -0.39 is 0 Å². The van der Waals surface area contributed by atoms with Gasteiger partial charge in [-0.25, -0.2) is 4.98 Å². The number of carbonyl (C=O) groups is 1. The Morgan fingerprint density at radius 3 is 2.81 bits per heavy atom. The standard InChI is InChI=1S/C25H22ClN3O3/c26-19-7-9-24-28-14-21(29(24)15-19)20(18-6-8-22-23(12-18)32-16-31-22)13-25(30)27-11-10-17-4-2-1-3-5-17/h1-9,12,14-15,20H,10-11,13,16H2,(H,27,30).